The molecule has 2 unspecified atom stereocenters. The van der Waals surface area contributed by atoms with Gasteiger partial charge in [0.1, 0.15) is 5.75 Å². The molecule has 2 atom stereocenters. The smallest absolute Gasteiger partial charge is 0.119 e. The summed E-state index contributed by atoms with van der Waals surface area (Å²) in [6, 6.07) is 8.62. The van der Waals surface area contributed by atoms with Gasteiger partial charge in [-0.05, 0) is 31.2 Å². The molecule has 1 aromatic rings. The maximum atomic E-state index is 9.81. The zero-order chi connectivity index (χ0) is 14.5. The van der Waals surface area contributed by atoms with E-state index in [-0.39, 0.29) is 12.6 Å². The Morgan fingerprint density at radius 2 is 2.20 bits per heavy atom. The lowest BCUT2D eigenvalue weighted by Gasteiger charge is -2.42. The van der Waals surface area contributed by atoms with Crippen LogP contribution >= 0.6 is 0 Å². The molecule has 1 heterocycles. The van der Waals surface area contributed by atoms with Gasteiger partial charge in [0.2, 0.25) is 0 Å². The van der Waals surface area contributed by atoms with Crippen molar-refractivity contribution in [2.24, 2.45) is 0 Å². The Morgan fingerprint density at radius 3 is 2.80 bits per heavy atom. The van der Waals surface area contributed by atoms with Crippen LogP contribution in [-0.2, 0) is 0 Å². The number of nitrogens with zero attached hydrogens (tertiary/aromatic N) is 2. The largest absolute Gasteiger partial charge is 0.497 e. The van der Waals surface area contributed by atoms with Crippen LogP contribution in [-0.4, -0.2) is 60.8 Å². The van der Waals surface area contributed by atoms with E-state index in [1.807, 2.05) is 18.2 Å². The minimum atomic E-state index is 0.0616. The predicted octanol–water partition coefficient (Wildman–Crippen LogP) is 1.75. The Morgan fingerprint density at radius 1 is 1.40 bits per heavy atom. The van der Waals surface area contributed by atoms with Crippen LogP contribution in [0.25, 0.3) is 0 Å². The molecule has 4 heteroatoms. The maximum Gasteiger partial charge on any atom is 0.119 e. The van der Waals surface area contributed by atoms with E-state index in [0.29, 0.717) is 6.04 Å². The molecule has 0 bridgehead atoms. The molecule has 1 N–H and O–H groups in total. The molecule has 0 saturated carbocycles. The van der Waals surface area contributed by atoms with E-state index >= 15 is 0 Å². The molecule has 0 amide bonds. The fourth-order valence-electron chi connectivity index (χ4n) is 3.06. The van der Waals surface area contributed by atoms with Crippen LogP contribution in [0.4, 0.5) is 0 Å². The van der Waals surface area contributed by atoms with Gasteiger partial charge in [-0.3, -0.25) is 9.80 Å². The molecule has 0 aromatic heterocycles. The highest BCUT2D eigenvalue weighted by Gasteiger charge is 2.28. The van der Waals surface area contributed by atoms with E-state index in [2.05, 4.69) is 29.7 Å². The number of hydrogen-bond acceptors (Lipinski definition) is 4. The molecular weight excluding hydrogens is 252 g/mol. The minimum Gasteiger partial charge on any atom is -0.497 e. The average molecular weight is 278 g/mol. The number of rotatable bonds is 5. The Labute approximate surface area is 122 Å². The zero-order valence-electron chi connectivity index (χ0n) is 12.7. The van der Waals surface area contributed by atoms with Gasteiger partial charge in [-0.2, -0.15) is 0 Å². The summed E-state index contributed by atoms with van der Waals surface area (Å²) in [4.78, 5) is 4.86. The molecule has 2 rings (SSSR count). The first-order valence-electron chi connectivity index (χ1n) is 7.42. The molecule has 20 heavy (non-hydrogen) atoms. The highest BCUT2D eigenvalue weighted by atomic mass is 16.5. The van der Waals surface area contributed by atoms with Crippen molar-refractivity contribution in [3.05, 3.63) is 29.8 Å². The maximum absolute atomic E-state index is 9.81. The Hall–Kier alpha value is -1.10. The summed E-state index contributed by atoms with van der Waals surface area (Å²) >= 11 is 0. The molecule has 4 nitrogen and oxygen atoms in total. The Kier molecular flexibility index (Phi) is 5.40. The summed E-state index contributed by atoms with van der Waals surface area (Å²) in [7, 11) is 1.68. The second-order valence-electron chi connectivity index (χ2n) is 5.45. The van der Waals surface area contributed by atoms with Gasteiger partial charge < -0.3 is 9.84 Å². The number of likely N-dealkylation sites (N-methyl/N-ethyl adjacent to an activating group) is 1. The minimum absolute atomic E-state index is 0.0616. The van der Waals surface area contributed by atoms with Crippen molar-refractivity contribution in [3.63, 3.8) is 0 Å². The van der Waals surface area contributed by atoms with Crippen LogP contribution in [0.3, 0.4) is 0 Å². The molecule has 1 aliphatic rings. The van der Waals surface area contributed by atoms with Crippen LogP contribution in [0.2, 0.25) is 0 Å². The van der Waals surface area contributed by atoms with Crippen molar-refractivity contribution >= 4 is 0 Å². The van der Waals surface area contributed by atoms with Gasteiger partial charge in [0, 0.05) is 25.7 Å². The number of hydrogen-bond donors (Lipinski definition) is 1. The number of piperazine rings is 1. The third-order valence-corrected chi connectivity index (χ3v) is 4.29. The first-order chi connectivity index (χ1) is 9.69. The van der Waals surface area contributed by atoms with Gasteiger partial charge >= 0.3 is 0 Å². The second-order valence-corrected chi connectivity index (χ2v) is 5.45. The molecule has 1 aliphatic heterocycles. The SMILES string of the molecule is CCN1CCN(C(CO)c2cccc(OC)c2)CC1C. The fourth-order valence-corrected chi connectivity index (χ4v) is 3.06. The van der Waals surface area contributed by atoms with Gasteiger partial charge in [-0.25, -0.2) is 0 Å². The lowest BCUT2D eigenvalue weighted by molar-refractivity contribution is 0.0367. The molecular formula is C16H26N2O2. The summed E-state index contributed by atoms with van der Waals surface area (Å²) in [5.74, 6) is 0.848. The predicted molar refractivity (Wildman–Crippen MR) is 81.1 cm³/mol. The van der Waals surface area contributed by atoms with E-state index in [1.165, 1.54) is 0 Å². The standard InChI is InChI=1S/C16H26N2O2/c1-4-17-8-9-18(11-13(17)2)16(12-19)14-6-5-7-15(10-14)20-3/h5-7,10,13,16,19H,4,8-9,11-12H2,1-3H3. The third-order valence-electron chi connectivity index (χ3n) is 4.29. The van der Waals surface area contributed by atoms with Crippen molar-refractivity contribution in [2.75, 3.05) is 39.9 Å². The van der Waals surface area contributed by atoms with Crippen molar-refractivity contribution < 1.29 is 9.84 Å². The van der Waals surface area contributed by atoms with Gasteiger partial charge in [0.25, 0.3) is 0 Å². The number of aliphatic hydroxyl groups excluding tert-OH is 1. The lowest BCUT2D eigenvalue weighted by Crippen LogP contribution is -2.53. The fraction of sp³-hybridized carbons (Fsp3) is 0.625. The highest BCUT2D eigenvalue weighted by Crippen LogP contribution is 2.26. The van der Waals surface area contributed by atoms with E-state index in [9.17, 15) is 5.11 Å². The topological polar surface area (TPSA) is 35.9 Å². The van der Waals surface area contributed by atoms with Crippen LogP contribution in [0.1, 0.15) is 25.5 Å². The van der Waals surface area contributed by atoms with Crippen LogP contribution in [0, 0.1) is 0 Å². The molecule has 0 spiro atoms. The van der Waals surface area contributed by atoms with Gasteiger partial charge in [-0.15, -0.1) is 0 Å². The summed E-state index contributed by atoms with van der Waals surface area (Å²) in [6.45, 7) is 8.77. The van der Waals surface area contributed by atoms with Crippen LogP contribution in [0.15, 0.2) is 24.3 Å². The number of methoxy groups -OCH3 is 1. The normalized spacial score (nSPS) is 22.7. The quantitative estimate of drug-likeness (QED) is 0.890. The average Bonchev–Trinajstić information content (AvgIpc) is 2.48. The summed E-state index contributed by atoms with van der Waals surface area (Å²) in [5, 5.41) is 9.81. The Balaban J connectivity index is 2.12. The molecule has 0 aliphatic carbocycles. The second kappa shape index (κ2) is 7.07. The number of benzene rings is 1. The summed E-state index contributed by atoms with van der Waals surface area (Å²) < 4.78 is 5.28. The highest BCUT2D eigenvalue weighted by molar-refractivity contribution is 5.30. The lowest BCUT2D eigenvalue weighted by atomic mass is 10.0. The van der Waals surface area contributed by atoms with Crippen LogP contribution < -0.4 is 4.74 Å². The molecule has 0 radical (unpaired) electrons. The van der Waals surface area contributed by atoms with Crippen molar-refractivity contribution in [3.8, 4) is 5.75 Å². The summed E-state index contributed by atoms with van der Waals surface area (Å²) in [5.41, 5.74) is 1.13. The van der Waals surface area contributed by atoms with Crippen molar-refractivity contribution in [1.82, 2.24) is 9.80 Å². The zero-order valence-corrected chi connectivity index (χ0v) is 12.7. The van der Waals surface area contributed by atoms with E-state index in [1.54, 1.807) is 7.11 Å². The first kappa shape index (κ1) is 15.3. The van der Waals surface area contributed by atoms with E-state index in [0.717, 1.165) is 37.5 Å². The summed E-state index contributed by atoms with van der Waals surface area (Å²) in [6.07, 6.45) is 0. The number of ether oxygens (including phenoxy) is 1. The van der Waals surface area contributed by atoms with Gasteiger partial charge in [0.05, 0.1) is 19.8 Å². The van der Waals surface area contributed by atoms with Crippen molar-refractivity contribution in [2.45, 2.75) is 25.9 Å². The monoisotopic (exact) mass is 278 g/mol. The first-order valence-corrected chi connectivity index (χ1v) is 7.42. The molecule has 1 fully saturated rings. The molecule has 1 aromatic carbocycles. The van der Waals surface area contributed by atoms with E-state index in [4.69, 9.17) is 4.74 Å². The molecule has 1 saturated heterocycles. The molecule has 112 valence electrons. The Bertz CT molecular complexity index is 425. The van der Waals surface area contributed by atoms with Crippen molar-refractivity contribution in [1.29, 1.82) is 0 Å². The van der Waals surface area contributed by atoms with Gasteiger partial charge in [-0.1, -0.05) is 19.1 Å². The van der Waals surface area contributed by atoms with Crippen LogP contribution in [0.5, 0.6) is 5.75 Å². The number of aliphatic hydroxyl groups is 1. The third kappa shape index (κ3) is 3.32. The van der Waals surface area contributed by atoms with E-state index < -0.39 is 0 Å². The van der Waals surface area contributed by atoms with Gasteiger partial charge in [0.15, 0.2) is 0 Å².